The Hall–Kier alpha value is -1.71. The molecule has 2 aromatic heterocycles. The van der Waals surface area contributed by atoms with Crippen molar-refractivity contribution in [3.8, 4) is 0 Å². The fourth-order valence-electron chi connectivity index (χ4n) is 1.28. The summed E-state index contributed by atoms with van der Waals surface area (Å²) in [5.41, 5.74) is 7.77. The number of pyridine rings is 1. The molecule has 0 spiro atoms. The first-order valence-corrected chi connectivity index (χ1v) is 4.08. The van der Waals surface area contributed by atoms with Crippen LogP contribution >= 0.6 is 0 Å². The van der Waals surface area contributed by atoms with E-state index in [0.717, 1.165) is 11.2 Å². The number of imidazole rings is 1. The lowest BCUT2D eigenvalue weighted by atomic mass is 10.3. The minimum absolute atomic E-state index is 0.573. The zero-order valence-corrected chi connectivity index (χ0v) is 7.73. The number of fused-ring (bicyclic) bond motifs is 1. The molecule has 0 radical (unpaired) electrons. The molecule has 13 heavy (non-hydrogen) atoms. The first-order valence-electron chi connectivity index (χ1n) is 4.08. The summed E-state index contributed by atoms with van der Waals surface area (Å²) in [5.74, 6) is 0.573. The standard InChI is InChI=1S/C9H12N4/c1-12(2)7-3-4-13-6-11-9(10)8(13)5-7/h3-6H,10H2,1-2H3. The molecule has 2 N–H and O–H groups in total. The van der Waals surface area contributed by atoms with Gasteiger partial charge in [0.2, 0.25) is 0 Å². The number of hydrogen-bond donors (Lipinski definition) is 1. The lowest BCUT2D eigenvalue weighted by Gasteiger charge is -2.12. The minimum atomic E-state index is 0.573. The van der Waals surface area contributed by atoms with Crippen LogP contribution in [0.3, 0.4) is 0 Å². The molecule has 0 saturated heterocycles. The Morgan fingerprint density at radius 2 is 2.23 bits per heavy atom. The van der Waals surface area contributed by atoms with E-state index < -0.39 is 0 Å². The third-order valence-electron chi connectivity index (χ3n) is 2.07. The van der Waals surface area contributed by atoms with Gasteiger partial charge in [0.25, 0.3) is 0 Å². The molecule has 2 rings (SSSR count). The zero-order chi connectivity index (χ0) is 9.42. The van der Waals surface area contributed by atoms with Crippen molar-refractivity contribution in [3.63, 3.8) is 0 Å². The van der Waals surface area contributed by atoms with Crippen molar-refractivity contribution >= 4 is 17.0 Å². The van der Waals surface area contributed by atoms with E-state index in [1.165, 1.54) is 0 Å². The van der Waals surface area contributed by atoms with Gasteiger partial charge in [0.05, 0.1) is 5.52 Å². The van der Waals surface area contributed by atoms with E-state index in [1.54, 1.807) is 6.33 Å². The van der Waals surface area contributed by atoms with Crippen LogP contribution in [-0.2, 0) is 0 Å². The largest absolute Gasteiger partial charge is 0.382 e. The third kappa shape index (κ3) is 1.20. The Balaban J connectivity index is 2.66. The highest BCUT2D eigenvalue weighted by Gasteiger charge is 2.01. The van der Waals surface area contributed by atoms with Crippen LogP contribution in [0.4, 0.5) is 11.5 Å². The second-order valence-electron chi connectivity index (χ2n) is 3.20. The maximum Gasteiger partial charge on any atom is 0.149 e. The number of nitrogen functional groups attached to an aromatic ring is 1. The molecule has 0 aliphatic rings. The monoisotopic (exact) mass is 176 g/mol. The molecular weight excluding hydrogens is 164 g/mol. The average Bonchev–Trinajstić information content (AvgIpc) is 2.47. The number of hydrogen-bond acceptors (Lipinski definition) is 3. The predicted molar refractivity (Wildman–Crippen MR) is 53.9 cm³/mol. The van der Waals surface area contributed by atoms with E-state index in [-0.39, 0.29) is 0 Å². The topological polar surface area (TPSA) is 46.6 Å². The first kappa shape index (κ1) is 7.91. The van der Waals surface area contributed by atoms with Crippen LogP contribution in [0.1, 0.15) is 0 Å². The van der Waals surface area contributed by atoms with Crippen molar-refractivity contribution in [3.05, 3.63) is 24.7 Å². The Morgan fingerprint density at radius 3 is 2.92 bits per heavy atom. The van der Waals surface area contributed by atoms with Crippen LogP contribution in [0.25, 0.3) is 5.52 Å². The molecule has 2 aromatic rings. The summed E-state index contributed by atoms with van der Waals surface area (Å²) in [6.45, 7) is 0. The SMILES string of the molecule is CN(C)c1ccn2cnc(N)c2c1. The zero-order valence-electron chi connectivity index (χ0n) is 7.73. The van der Waals surface area contributed by atoms with Gasteiger partial charge in [-0.25, -0.2) is 4.98 Å². The highest BCUT2D eigenvalue weighted by molar-refractivity contribution is 5.70. The normalized spacial score (nSPS) is 10.6. The molecule has 0 fully saturated rings. The Kier molecular flexibility index (Phi) is 1.62. The molecule has 0 bridgehead atoms. The van der Waals surface area contributed by atoms with E-state index in [4.69, 9.17) is 5.73 Å². The summed E-state index contributed by atoms with van der Waals surface area (Å²) in [5, 5.41) is 0. The first-order chi connectivity index (χ1) is 6.18. The van der Waals surface area contributed by atoms with Crippen molar-refractivity contribution in [1.82, 2.24) is 9.38 Å². The van der Waals surface area contributed by atoms with Crippen LogP contribution < -0.4 is 10.6 Å². The van der Waals surface area contributed by atoms with Crippen LogP contribution in [0.15, 0.2) is 24.7 Å². The van der Waals surface area contributed by atoms with E-state index in [0.29, 0.717) is 5.82 Å². The van der Waals surface area contributed by atoms with Gasteiger partial charge >= 0.3 is 0 Å². The summed E-state index contributed by atoms with van der Waals surface area (Å²) >= 11 is 0. The summed E-state index contributed by atoms with van der Waals surface area (Å²) in [6.07, 6.45) is 3.66. The summed E-state index contributed by atoms with van der Waals surface area (Å²) in [7, 11) is 4.00. The van der Waals surface area contributed by atoms with E-state index >= 15 is 0 Å². The van der Waals surface area contributed by atoms with Gasteiger partial charge in [0.15, 0.2) is 0 Å². The molecule has 0 atom stereocenters. The maximum atomic E-state index is 5.69. The van der Waals surface area contributed by atoms with Crippen LogP contribution in [0.5, 0.6) is 0 Å². The van der Waals surface area contributed by atoms with Gasteiger partial charge in [-0.15, -0.1) is 0 Å². The van der Waals surface area contributed by atoms with Crippen LogP contribution in [0.2, 0.25) is 0 Å². The fourth-order valence-corrected chi connectivity index (χ4v) is 1.28. The molecule has 2 heterocycles. The number of aromatic nitrogens is 2. The second kappa shape index (κ2) is 2.65. The number of anilines is 2. The molecule has 4 nitrogen and oxygen atoms in total. The second-order valence-corrected chi connectivity index (χ2v) is 3.20. The van der Waals surface area contributed by atoms with Gasteiger partial charge in [0, 0.05) is 26.0 Å². The van der Waals surface area contributed by atoms with Gasteiger partial charge < -0.3 is 15.0 Å². The van der Waals surface area contributed by atoms with E-state index in [1.807, 2.05) is 41.7 Å². The molecule has 0 aliphatic heterocycles. The Morgan fingerprint density at radius 1 is 1.46 bits per heavy atom. The van der Waals surface area contributed by atoms with Crippen molar-refractivity contribution in [2.75, 3.05) is 24.7 Å². The van der Waals surface area contributed by atoms with Crippen molar-refractivity contribution in [2.24, 2.45) is 0 Å². The van der Waals surface area contributed by atoms with Crippen molar-refractivity contribution in [1.29, 1.82) is 0 Å². The highest BCUT2D eigenvalue weighted by Crippen LogP contribution is 2.18. The van der Waals surface area contributed by atoms with Gasteiger partial charge in [-0.3, -0.25) is 0 Å². The summed E-state index contributed by atoms with van der Waals surface area (Å²) < 4.78 is 1.91. The smallest absolute Gasteiger partial charge is 0.149 e. The molecule has 0 amide bonds. The molecule has 68 valence electrons. The Bertz CT molecular complexity index is 430. The molecular formula is C9H12N4. The van der Waals surface area contributed by atoms with E-state index in [9.17, 15) is 0 Å². The molecule has 0 aromatic carbocycles. The lowest BCUT2D eigenvalue weighted by molar-refractivity contribution is 1.10. The Labute approximate surface area is 76.6 Å². The maximum absolute atomic E-state index is 5.69. The van der Waals surface area contributed by atoms with E-state index in [2.05, 4.69) is 4.98 Å². The molecule has 4 heteroatoms. The summed E-state index contributed by atoms with van der Waals surface area (Å²) in [6, 6.07) is 4.04. The predicted octanol–water partition coefficient (Wildman–Crippen LogP) is 0.982. The number of nitrogens with zero attached hydrogens (tertiary/aromatic N) is 3. The van der Waals surface area contributed by atoms with Gasteiger partial charge in [-0.05, 0) is 12.1 Å². The van der Waals surface area contributed by atoms with Crippen LogP contribution in [-0.4, -0.2) is 23.5 Å². The fraction of sp³-hybridized carbons (Fsp3) is 0.222. The summed E-state index contributed by atoms with van der Waals surface area (Å²) in [4.78, 5) is 6.05. The van der Waals surface area contributed by atoms with Gasteiger partial charge in [0.1, 0.15) is 12.1 Å². The molecule has 0 unspecified atom stereocenters. The number of rotatable bonds is 1. The third-order valence-corrected chi connectivity index (χ3v) is 2.07. The average molecular weight is 176 g/mol. The van der Waals surface area contributed by atoms with Gasteiger partial charge in [-0.2, -0.15) is 0 Å². The van der Waals surface area contributed by atoms with Gasteiger partial charge in [-0.1, -0.05) is 0 Å². The van der Waals surface area contributed by atoms with Crippen molar-refractivity contribution in [2.45, 2.75) is 0 Å². The highest BCUT2D eigenvalue weighted by atomic mass is 15.1. The minimum Gasteiger partial charge on any atom is -0.382 e. The molecule has 0 aliphatic carbocycles. The van der Waals surface area contributed by atoms with Crippen molar-refractivity contribution < 1.29 is 0 Å². The quantitative estimate of drug-likeness (QED) is 0.704. The lowest BCUT2D eigenvalue weighted by Crippen LogP contribution is -2.08. The van der Waals surface area contributed by atoms with Crippen LogP contribution in [0, 0.1) is 0 Å². The number of nitrogens with two attached hydrogens (primary N) is 1. The molecule has 0 saturated carbocycles.